The highest BCUT2D eigenvalue weighted by Crippen LogP contribution is 2.16. The number of nitrogens with zero attached hydrogens (tertiary/aromatic N) is 1. The van der Waals surface area contributed by atoms with Gasteiger partial charge >= 0.3 is 0 Å². The summed E-state index contributed by atoms with van der Waals surface area (Å²) < 4.78 is 5.38. The maximum atomic E-state index is 11.9. The zero-order valence-corrected chi connectivity index (χ0v) is 14.0. The van der Waals surface area contributed by atoms with Crippen molar-refractivity contribution in [1.82, 2.24) is 4.98 Å². The molecule has 0 saturated heterocycles. The third kappa shape index (κ3) is 5.63. The number of nitrogens with one attached hydrogen (secondary N) is 1. The molecule has 2 aromatic rings. The zero-order valence-electron chi connectivity index (χ0n) is 12.4. The first kappa shape index (κ1) is 18.4. The molecule has 1 amide bonds. The highest BCUT2D eigenvalue weighted by molar-refractivity contribution is 7.09. The summed E-state index contributed by atoms with van der Waals surface area (Å²) in [6.07, 6.45) is 1.19. The van der Waals surface area contributed by atoms with Crippen LogP contribution in [0.5, 0.6) is 5.75 Å². The van der Waals surface area contributed by atoms with Gasteiger partial charge in [-0.1, -0.05) is 6.92 Å². The van der Waals surface area contributed by atoms with Gasteiger partial charge in [-0.25, -0.2) is 4.98 Å². The summed E-state index contributed by atoms with van der Waals surface area (Å²) in [5, 5.41) is 5.83. The highest BCUT2D eigenvalue weighted by atomic mass is 35.5. The Bertz CT molecular complexity index is 587. The molecule has 0 spiro atoms. The van der Waals surface area contributed by atoms with Crippen LogP contribution in [0.4, 0.5) is 5.69 Å². The first-order valence-electron chi connectivity index (χ1n) is 6.87. The van der Waals surface area contributed by atoms with Gasteiger partial charge in [0.05, 0.1) is 17.1 Å². The van der Waals surface area contributed by atoms with Crippen LogP contribution < -0.4 is 15.8 Å². The number of thiazole rings is 1. The first-order valence-corrected chi connectivity index (χ1v) is 7.75. The van der Waals surface area contributed by atoms with Crippen molar-refractivity contribution in [2.45, 2.75) is 19.8 Å². The second-order valence-electron chi connectivity index (χ2n) is 4.47. The highest BCUT2D eigenvalue weighted by Gasteiger charge is 2.07. The molecule has 1 heterocycles. The lowest BCUT2D eigenvalue weighted by atomic mass is 10.2. The lowest BCUT2D eigenvalue weighted by Gasteiger charge is -2.07. The Morgan fingerprint density at radius 2 is 2.09 bits per heavy atom. The molecule has 0 saturated carbocycles. The van der Waals surface area contributed by atoms with Crippen LogP contribution in [0, 0.1) is 0 Å². The topological polar surface area (TPSA) is 77.2 Å². The predicted molar refractivity (Wildman–Crippen MR) is 92.1 cm³/mol. The normalized spacial score (nSPS) is 9.91. The van der Waals surface area contributed by atoms with Crippen LogP contribution in [0.25, 0.3) is 0 Å². The molecular formula is C15H20ClN3O2S. The van der Waals surface area contributed by atoms with Crippen molar-refractivity contribution in [2.75, 3.05) is 18.5 Å². The largest absolute Gasteiger partial charge is 0.492 e. The van der Waals surface area contributed by atoms with Crippen molar-refractivity contribution in [2.24, 2.45) is 5.73 Å². The number of anilines is 1. The summed E-state index contributed by atoms with van der Waals surface area (Å²) in [5.74, 6) is 0.670. The van der Waals surface area contributed by atoms with Gasteiger partial charge in [0.15, 0.2) is 0 Å². The molecule has 0 aliphatic rings. The van der Waals surface area contributed by atoms with Gasteiger partial charge in [0.1, 0.15) is 12.4 Å². The maximum Gasteiger partial charge on any atom is 0.230 e. The van der Waals surface area contributed by atoms with Crippen molar-refractivity contribution in [3.8, 4) is 5.75 Å². The molecule has 0 aliphatic heterocycles. The molecule has 3 N–H and O–H groups in total. The predicted octanol–water partition coefficient (Wildman–Crippen LogP) is 2.65. The quantitative estimate of drug-likeness (QED) is 0.811. The van der Waals surface area contributed by atoms with Gasteiger partial charge in [-0.3, -0.25) is 4.79 Å². The fourth-order valence-electron chi connectivity index (χ4n) is 1.77. The molecule has 0 radical (unpaired) electrons. The smallest absolute Gasteiger partial charge is 0.230 e. The van der Waals surface area contributed by atoms with Crippen molar-refractivity contribution in [1.29, 1.82) is 0 Å². The summed E-state index contributed by atoms with van der Waals surface area (Å²) in [7, 11) is 0. The Morgan fingerprint density at radius 1 is 1.36 bits per heavy atom. The Morgan fingerprint density at radius 3 is 2.68 bits per heavy atom. The summed E-state index contributed by atoms with van der Waals surface area (Å²) in [5.41, 5.74) is 6.93. The van der Waals surface area contributed by atoms with E-state index >= 15 is 0 Å². The van der Waals surface area contributed by atoms with Crippen molar-refractivity contribution >= 4 is 35.3 Å². The van der Waals surface area contributed by atoms with Crippen LogP contribution in [-0.4, -0.2) is 24.0 Å². The van der Waals surface area contributed by atoms with Gasteiger partial charge in [0.2, 0.25) is 5.91 Å². The Hall–Kier alpha value is -1.63. The fraction of sp³-hybridized carbons (Fsp3) is 0.333. The Labute approximate surface area is 140 Å². The number of hydrogen-bond acceptors (Lipinski definition) is 5. The SMILES string of the molecule is CCc1nc(CC(=O)Nc2ccc(OCCN)cc2)cs1.Cl. The number of rotatable bonds is 7. The van der Waals surface area contributed by atoms with Gasteiger partial charge in [-0.2, -0.15) is 0 Å². The molecule has 120 valence electrons. The van der Waals surface area contributed by atoms with E-state index in [1.807, 2.05) is 29.6 Å². The van der Waals surface area contributed by atoms with Gasteiger partial charge in [0.25, 0.3) is 0 Å². The van der Waals surface area contributed by atoms with Gasteiger partial charge in [-0.15, -0.1) is 23.7 Å². The summed E-state index contributed by atoms with van der Waals surface area (Å²) >= 11 is 1.59. The number of benzene rings is 1. The third-order valence-corrected chi connectivity index (χ3v) is 3.81. The minimum atomic E-state index is -0.0708. The number of aromatic nitrogens is 1. The number of hydrogen-bond donors (Lipinski definition) is 2. The van der Waals surface area contributed by atoms with E-state index in [0.29, 0.717) is 19.6 Å². The number of aryl methyl sites for hydroxylation is 1. The van der Waals surface area contributed by atoms with Crippen LogP contribution in [0.2, 0.25) is 0 Å². The number of halogens is 1. The number of amides is 1. The van der Waals surface area contributed by atoms with Crippen LogP contribution >= 0.6 is 23.7 Å². The standard InChI is InChI=1S/C15H19N3O2S.ClH/c1-2-15-18-12(10-21-15)9-14(19)17-11-3-5-13(6-4-11)20-8-7-16;/h3-6,10H,2,7-9,16H2,1H3,(H,17,19);1H. The molecule has 0 aliphatic carbocycles. The molecular weight excluding hydrogens is 322 g/mol. The van der Waals surface area contributed by atoms with Gasteiger partial charge < -0.3 is 15.8 Å². The van der Waals surface area contributed by atoms with E-state index in [9.17, 15) is 4.79 Å². The summed E-state index contributed by atoms with van der Waals surface area (Å²) in [4.78, 5) is 16.3. The monoisotopic (exact) mass is 341 g/mol. The van der Waals surface area contributed by atoms with Crippen LogP contribution in [-0.2, 0) is 17.6 Å². The van der Waals surface area contributed by atoms with Crippen LogP contribution in [0.1, 0.15) is 17.6 Å². The lowest BCUT2D eigenvalue weighted by molar-refractivity contribution is -0.115. The van der Waals surface area contributed by atoms with Crippen LogP contribution in [0.15, 0.2) is 29.6 Å². The number of carbonyl (C=O) groups is 1. The summed E-state index contributed by atoms with van der Waals surface area (Å²) in [6.45, 7) is 3.01. The first-order chi connectivity index (χ1) is 10.2. The van der Waals surface area contributed by atoms with E-state index in [0.717, 1.165) is 28.6 Å². The maximum absolute atomic E-state index is 11.9. The zero-order chi connectivity index (χ0) is 15.1. The van der Waals surface area contributed by atoms with E-state index in [2.05, 4.69) is 17.2 Å². The van der Waals surface area contributed by atoms with Crippen molar-refractivity contribution in [3.63, 3.8) is 0 Å². The van der Waals surface area contributed by atoms with Gasteiger partial charge in [0, 0.05) is 17.6 Å². The molecule has 1 aromatic heterocycles. The van der Waals surface area contributed by atoms with Crippen molar-refractivity contribution in [3.05, 3.63) is 40.3 Å². The molecule has 1 aromatic carbocycles. The van der Waals surface area contributed by atoms with Crippen molar-refractivity contribution < 1.29 is 9.53 Å². The number of carbonyl (C=O) groups excluding carboxylic acids is 1. The Kier molecular flexibility index (Phi) is 7.87. The van der Waals surface area contributed by atoms with E-state index < -0.39 is 0 Å². The molecule has 0 fully saturated rings. The minimum Gasteiger partial charge on any atom is -0.492 e. The van der Waals surface area contributed by atoms with Gasteiger partial charge in [-0.05, 0) is 30.7 Å². The molecule has 0 unspecified atom stereocenters. The molecule has 22 heavy (non-hydrogen) atoms. The van der Waals surface area contributed by atoms with E-state index in [-0.39, 0.29) is 18.3 Å². The molecule has 0 atom stereocenters. The molecule has 2 rings (SSSR count). The van der Waals surface area contributed by atoms with E-state index in [1.54, 1.807) is 11.3 Å². The molecule has 0 bridgehead atoms. The third-order valence-electron chi connectivity index (χ3n) is 2.77. The minimum absolute atomic E-state index is 0. The average molecular weight is 342 g/mol. The Balaban J connectivity index is 0.00000242. The lowest BCUT2D eigenvalue weighted by Crippen LogP contribution is -2.14. The molecule has 5 nitrogen and oxygen atoms in total. The second kappa shape index (κ2) is 9.40. The van der Waals surface area contributed by atoms with E-state index in [1.165, 1.54) is 0 Å². The molecule has 7 heteroatoms. The average Bonchev–Trinajstić information content (AvgIpc) is 2.94. The number of ether oxygens (including phenoxy) is 1. The summed E-state index contributed by atoms with van der Waals surface area (Å²) in [6, 6.07) is 7.23. The van der Waals surface area contributed by atoms with Crippen LogP contribution in [0.3, 0.4) is 0 Å². The fourth-order valence-corrected chi connectivity index (χ4v) is 2.52. The van der Waals surface area contributed by atoms with E-state index in [4.69, 9.17) is 10.5 Å². The second-order valence-corrected chi connectivity index (χ2v) is 5.42. The number of nitrogens with two attached hydrogens (primary N) is 1.